The van der Waals surface area contributed by atoms with Gasteiger partial charge in [-0.3, -0.25) is 9.78 Å². The molecule has 0 fully saturated rings. The minimum Gasteiger partial charge on any atom is -0.294 e. The Morgan fingerprint density at radius 1 is 1.53 bits per heavy atom. The maximum atomic E-state index is 11.9. The minimum atomic E-state index is 0.0316. The van der Waals surface area contributed by atoms with Gasteiger partial charge in [-0.1, -0.05) is 18.6 Å². The summed E-state index contributed by atoms with van der Waals surface area (Å²) in [7, 11) is 0. The van der Waals surface area contributed by atoms with Crippen molar-refractivity contribution in [2.45, 2.75) is 27.2 Å². The van der Waals surface area contributed by atoms with Gasteiger partial charge in [0.05, 0.1) is 0 Å². The van der Waals surface area contributed by atoms with E-state index in [1.807, 2.05) is 26.8 Å². The van der Waals surface area contributed by atoms with Crippen LogP contribution in [0.5, 0.6) is 0 Å². The number of carbonyl (C=O) groups excluding carboxylic acids is 1. The van der Waals surface area contributed by atoms with Crippen molar-refractivity contribution in [3.63, 3.8) is 0 Å². The minimum absolute atomic E-state index is 0.0316. The van der Waals surface area contributed by atoms with E-state index in [0.29, 0.717) is 5.56 Å². The molecule has 0 aliphatic rings. The quantitative estimate of drug-likeness (QED) is 0.555. The SMILES string of the molecule is CC(C)=CC[C@H](C)C(=O)c1cccnc1. The van der Waals surface area contributed by atoms with E-state index >= 15 is 0 Å². The molecule has 0 saturated carbocycles. The molecule has 0 amide bonds. The van der Waals surface area contributed by atoms with Gasteiger partial charge in [-0.15, -0.1) is 0 Å². The first kappa shape index (κ1) is 11.6. The van der Waals surface area contributed by atoms with Crippen LogP contribution < -0.4 is 0 Å². The zero-order chi connectivity index (χ0) is 11.3. The second-order valence-electron chi connectivity index (χ2n) is 4.02. The fourth-order valence-electron chi connectivity index (χ4n) is 1.31. The van der Waals surface area contributed by atoms with Crippen molar-refractivity contribution in [3.05, 3.63) is 41.7 Å². The molecule has 1 atom stereocenters. The molecule has 0 aliphatic carbocycles. The predicted octanol–water partition coefficient (Wildman–Crippen LogP) is 3.26. The second kappa shape index (κ2) is 5.44. The number of aromatic nitrogens is 1. The molecule has 1 aromatic heterocycles. The number of hydrogen-bond acceptors (Lipinski definition) is 2. The van der Waals surface area contributed by atoms with E-state index in [0.717, 1.165) is 6.42 Å². The molecule has 0 saturated heterocycles. The third-order valence-corrected chi connectivity index (χ3v) is 2.27. The predicted molar refractivity (Wildman–Crippen MR) is 61.8 cm³/mol. The van der Waals surface area contributed by atoms with Crippen LogP contribution in [-0.2, 0) is 0 Å². The molecule has 1 heterocycles. The number of pyridine rings is 1. The Morgan fingerprint density at radius 2 is 2.27 bits per heavy atom. The van der Waals surface area contributed by atoms with Crippen LogP contribution >= 0.6 is 0 Å². The van der Waals surface area contributed by atoms with Crippen LogP contribution in [0.2, 0.25) is 0 Å². The number of rotatable bonds is 4. The van der Waals surface area contributed by atoms with Crippen LogP contribution in [-0.4, -0.2) is 10.8 Å². The van der Waals surface area contributed by atoms with Crippen molar-refractivity contribution < 1.29 is 4.79 Å². The average molecular weight is 203 g/mol. The van der Waals surface area contributed by atoms with Crippen molar-refractivity contribution in [1.82, 2.24) is 4.98 Å². The Hall–Kier alpha value is -1.44. The van der Waals surface area contributed by atoms with E-state index < -0.39 is 0 Å². The standard InChI is InChI=1S/C13H17NO/c1-10(2)6-7-11(3)13(15)12-5-4-8-14-9-12/h4-6,8-9,11H,7H2,1-3H3/t11-/m0/s1. The molecular weight excluding hydrogens is 186 g/mol. The molecule has 1 rings (SSSR count). The van der Waals surface area contributed by atoms with Crippen LogP contribution in [0, 0.1) is 5.92 Å². The number of hydrogen-bond donors (Lipinski definition) is 0. The van der Waals surface area contributed by atoms with Crippen molar-refractivity contribution in [1.29, 1.82) is 0 Å². The third kappa shape index (κ3) is 3.66. The van der Waals surface area contributed by atoms with Gasteiger partial charge < -0.3 is 0 Å². The largest absolute Gasteiger partial charge is 0.294 e. The summed E-state index contributed by atoms with van der Waals surface area (Å²) >= 11 is 0. The molecule has 0 unspecified atom stereocenters. The van der Waals surface area contributed by atoms with Gasteiger partial charge in [-0.25, -0.2) is 0 Å². The van der Waals surface area contributed by atoms with Crippen molar-refractivity contribution in [2.24, 2.45) is 5.92 Å². The first-order valence-corrected chi connectivity index (χ1v) is 5.19. The summed E-state index contributed by atoms with van der Waals surface area (Å²) in [6.07, 6.45) is 6.20. The highest BCUT2D eigenvalue weighted by Gasteiger charge is 2.13. The van der Waals surface area contributed by atoms with Crippen molar-refractivity contribution >= 4 is 5.78 Å². The molecule has 0 spiro atoms. The van der Waals surface area contributed by atoms with Crippen molar-refractivity contribution in [2.75, 3.05) is 0 Å². The zero-order valence-electron chi connectivity index (χ0n) is 9.53. The highest BCUT2D eigenvalue weighted by Crippen LogP contribution is 2.12. The van der Waals surface area contributed by atoms with E-state index in [9.17, 15) is 4.79 Å². The van der Waals surface area contributed by atoms with Crippen molar-refractivity contribution in [3.8, 4) is 0 Å². The summed E-state index contributed by atoms with van der Waals surface area (Å²) in [6.45, 7) is 6.04. The van der Waals surface area contributed by atoms with E-state index in [2.05, 4.69) is 11.1 Å². The van der Waals surface area contributed by atoms with Crippen LogP contribution in [0.4, 0.5) is 0 Å². The molecule has 80 valence electrons. The molecular formula is C13H17NO. The summed E-state index contributed by atoms with van der Waals surface area (Å²) < 4.78 is 0. The lowest BCUT2D eigenvalue weighted by molar-refractivity contribution is 0.0930. The lowest BCUT2D eigenvalue weighted by Crippen LogP contribution is -2.10. The summed E-state index contributed by atoms with van der Waals surface area (Å²) in [5.41, 5.74) is 1.95. The zero-order valence-corrected chi connectivity index (χ0v) is 9.53. The number of nitrogens with zero attached hydrogens (tertiary/aromatic N) is 1. The first-order chi connectivity index (χ1) is 7.11. The van der Waals surface area contributed by atoms with Gasteiger partial charge in [0.2, 0.25) is 0 Å². The van der Waals surface area contributed by atoms with E-state index in [4.69, 9.17) is 0 Å². The summed E-state index contributed by atoms with van der Waals surface area (Å²) in [6, 6.07) is 3.61. The Bertz CT molecular complexity index is 350. The molecule has 15 heavy (non-hydrogen) atoms. The van der Waals surface area contributed by atoms with Crippen LogP contribution in [0.3, 0.4) is 0 Å². The maximum Gasteiger partial charge on any atom is 0.167 e. The lowest BCUT2D eigenvalue weighted by Gasteiger charge is -2.07. The molecule has 0 aliphatic heterocycles. The highest BCUT2D eigenvalue weighted by molar-refractivity contribution is 5.97. The van der Waals surface area contributed by atoms with Gasteiger partial charge in [-0.2, -0.15) is 0 Å². The van der Waals surface area contributed by atoms with Gasteiger partial charge in [0.25, 0.3) is 0 Å². The van der Waals surface area contributed by atoms with Crippen LogP contribution in [0.1, 0.15) is 37.6 Å². The highest BCUT2D eigenvalue weighted by atomic mass is 16.1. The topological polar surface area (TPSA) is 30.0 Å². The molecule has 1 aromatic rings. The van der Waals surface area contributed by atoms with Gasteiger partial charge in [0.1, 0.15) is 0 Å². The number of Topliss-reactive ketones (excluding diaryl/α,β-unsaturated/α-hetero) is 1. The van der Waals surface area contributed by atoms with Crippen LogP contribution in [0.25, 0.3) is 0 Å². The molecule has 0 bridgehead atoms. The number of ketones is 1. The molecule has 2 heteroatoms. The first-order valence-electron chi connectivity index (χ1n) is 5.19. The van der Waals surface area contributed by atoms with Gasteiger partial charge in [0, 0.05) is 23.9 Å². The van der Waals surface area contributed by atoms with Crippen LogP contribution in [0.15, 0.2) is 36.2 Å². The Morgan fingerprint density at radius 3 is 2.80 bits per heavy atom. The van der Waals surface area contributed by atoms with E-state index in [1.165, 1.54) is 5.57 Å². The van der Waals surface area contributed by atoms with Gasteiger partial charge in [0.15, 0.2) is 5.78 Å². The Labute approximate surface area is 91.0 Å². The second-order valence-corrected chi connectivity index (χ2v) is 4.02. The fourth-order valence-corrected chi connectivity index (χ4v) is 1.31. The van der Waals surface area contributed by atoms with E-state index in [-0.39, 0.29) is 11.7 Å². The molecule has 2 nitrogen and oxygen atoms in total. The van der Waals surface area contributed by atoms with E-state index in [1.54, 1.807) is 18.5 Å². The van der Waals surface area contributed by atoms with Gasteiger partial charge in [-0.05, 0) is 32.4 Å². The molecule has 0 radical (unpaired) electrons. The number of carbonyl (C=O) groups is 1. The smallest absolute Gasteiger partial charge is 0.167 e. The monoisotopic (exact) mass is 203 g/mol. The Balaban J connectivity index is 2.65. The fraction of sp³-hybridized carbons (Fsp3) is 0.385. The molecule has 0 N–H and O–H groups in total. The Kier molecular flexibility index (Phi) is 4.22. The summed E-state index contributed by atoms with van der Waals surface area (Å²) in [4.78, 5) is 15.8. The normalized spacial score (nSPS) is 11.9. The summed E-state index contributed by atoms with van der Waals surface area (Å²) in [5, 5.41) is 0. The lowest BCUT2D eigenvalue weighted by atomic mass is 9.97. The summed E-state index contributed by atoms with van der Waals surface area (Å²) in [5.74, 6) is 0.199. The third-order valence-electron chi connectivity index (χ3n) is 2.27. The van der Waals surface area contributed by atoms with Gasteiger partial charge >= 0.3 is 0 Å². The number of allylic oxidation sites excluding steroid dienone is 2. The average Bonchev–Trinajstić information content (AvgIpc) is 2.26. The maximum absolute atomic E-state index is 11.9. The molecule has 0 aromatic carbocycles.